The normalized spacial score (nSPS) is 12.5. The van der Waals surface area contributed by atoms with E-state index in [2.05, 4.69) is 70.1 Å². The maximum atomic E-state index is 10.6. The molecule has 4 rings (SSSR count). The average Bonchev–Trinajstić information content (AvgIpc) is 2.93. The molecule has 0 fully saturated rings. The van der Waals surface area contributed by atoms with Gasteiger partial charge in [0.1, 0.15) is 7.85 Å². The second-order valence-electron chi connectivity index (χ2n) is 6.69. The zero-order valence-electron chi connectivity index (χ0n) is 14.6. The molecule has 0 aliphatic rings. The predicted octanol–water partition coefficient (Wildman–Crippen LogP) is 3.29. The molecule has 0 saturated heterocycles. The van der Waals surface area contributed by atoms with Crippen molar-refractivity contribution < 1.29 is 5.11 Å². The van der Waals surface area contributed by atoms with Gasteiger partial charge in [0.05, 0.1) is 12.6 Å². The quantitative estimate of drug-likeness (QED) is 0.499. The highest BCUT2D eigenvalue weighted by Gasteiger charge is 2.14. The highest BCUT2D eigenvalue weighted by Crippen LogP contribution is 2.30. The first-order valence-corrected chi connectivity index (χ1v) is 9.56. The number of hydrogen-bond donors (Lipinski definition) is 2. The van der Waals surface area contributed by atoms with E-state index in [1.807, 2.05) is 30.3 Å². The van der Waals surface area contributed by atoms with Gasteiger partial charge in [-0.2, -0.15) is 0 Å². The number of nitrogens with zero attached hydrogens (tertiary/aromatic N) is 1. The summed E-state index contributed by atoms with van der Waals surface area (Å²) < 4.78 is 3.28. The Balaban J connectivity index is 1.66. The van der Waals surface area contributed by atoms with Crippen molar-refractivity contribution in [2.45, 2.75) is 12.6 Å². The van der Waals surface area contributed by atoms with Crippen LogP contribution in [0.25, 0.3) is 21.8 Å². The Hall–Kier alpha value is -2.24. The fraction of sp³-hybridized carbons (Fsp3) is 0.143. The third kappa shape index (κ3) is 3.37. The number of hydrogen-bond acceptors (Lipinski definition) is 2. The van der Waals surface area contributed by atoms with Gasteiger partial charge in [-0.1, -0.05) is 51.7 Å². The van der Waals surface area contributed by atoms with E-state index in [1.165, 1.54) is 16.2 Å². The van der Waals surface area contributed by atoms with Gasteiger partial charge in [-0.05, 0) is 36.4 Å². The van der Waals surface area contributed by atoms with Crippen LogP contribution in [-0.4, -0.2) is 30.2 Å². The molecule has 130 valence electrons. The lowest BCUT2D eigenvalue weighted by Gasteiger charge is -2.15. The zero-order chi connectivity index (χ0) is 18.1. The van der Waals surface area contributed by atoms with Crippen LogP contribution < -0.4 is 10.8 Å². The lowest BCUT2D eigenvalue weighted by Crippen LogP contribution is -2.24. The molecule has 0 saturated carbocycles. The van der Waals surface area contributed by atoms with Gasteiger partial charge >= 0.3 is 0 Å². The number of aromatic nitrogens is 1. The smallest absolute Gasteiger partial charge is 0.139 e. The number of aliphatic hydroxyl groups is 1. The van der Waals surface area contributed by atoms with Crippen molar-refractivity contribution in [1.82, 2.24) is 4.57 Å². The van der Waals surface area contributed by atoms with Gasteiger partial charge in [0.15, 0.2) is 0 Å². The molecule has 0 radical (unpaired) electrons. The van der Waals surface area contributed by atoms with E-state index in [-0.39, 0.29) is 0 Å². The van der Waals surface area contributed by atoms with Crippen molar-refractivity contribution in [2.24, 2.45) is 0 Å². The van der Waals surface area contributed by atoms with Gasteiger partial charge < -0.3 is 15.0 Å². The van der Waals surface area contributed by atoms with Crippen LogP contribution in [0.4, 0.5) is 5.69 Å². The molecule has 1 heterocycles. The van der Waals surface area contributed by atoms with Crippen LogP contribution >= 0.6 is 15.9 Å². The van der Waals surface area contributed by atoms with E-state index < -0.39 is 6.10 Å². The Bertz CT molecular complexity index is 1000. The monoisotopic (exact) mass is 406 g/mol. The molecule has 0 aliphatic heterocycles. The largest absolute Gasteiger partial charge is 0.389 e. The second-order valence-corrected chi connectivity index (χ2v) is 7.61. The topological polar surface area (TPSA) is 37.2 Å². The maximum absolute atomic E-state index is 10.6. The molecule has 4 aromatic rings. The van der Waals surface area contributed by atoms with E-state index in [0.29, 0.717) is 13.1 Å². The Morgan fingerprint density at radius 1 is 0.962 bits per heavy atom. The Labute approximate surface area is 162 Å². The lowest BCUT2D eigenvalue weighted by molar-refractivity contribution is 0.169. The van der Waals surface area contributed by atoms with Crippen LogP contribution in [0.1, 0.15) is 0 Å². The highest BCUT2D eigenvalue weighted by atomic mass is 79.9. The van der Waals surface area contributed by atoms with Crippen molar-refractivity contribution in [3.05, 3.63) is 71.2 Å². The number of rotatable bonds is 5. The molecule has 2 N–H and O–H groups in total. The van der Waals surface area contributed by atoms with Crippen LogP contribution in [-0.2, 0) is 6.54 Å². The number of para-hydroxylation sites is 1. The van der Waals surface area contributed by atoms with Crippen LogP contribution in [0.5, 0.6) is 0 Å². The number of benzene rings is 3. The number of anilines is 1. The number of fused-ring (bicyclic) bond motifs is 3. The van der Waals surface area contributed by atoms with Gasteiger partial charge in [0.25, 0.3) is 0 Å². The van der Waals surface area contributed by atoms with Crippen LogP contribution in [0.2, 0.25) is 0 Å². The minimum absolute atomic E-state index is 0.487. The molecule has 3 nitrogen and oxygen atoms in total. The molecule has 0 spiro atoms. The first-order valence-electron chi connectivity index (χ1n) is 8.77. The van der Waals surface area contributed by atoms with Gasteiger partial charge in [-0.25, -0.2) is 0 Å². The summed E-state index contributed by atoms with van der Waals surface area (Å²) in [7, 11) is 2.11. The molecule has 0 aliphatic carbocycles. The molecule has 0 bridgehead atoms. The summed E-state index contributed by atoms with van der Waals surface area (Å²) in [6, 6.07) is 22.8. The Kier molecular flexibility index (Phi) is 4.75. The molecule has 3 aromatic carbocycles. The van der Waals surface area contributed by atoms with Gasteiger partial charge in [0.2, 0.25) is 0 Å². The third-order valence-corrected chi connectivity index (χ3v) is 5.18. The first-order chi connectivity index (χ1) is 12.6. The van der Waals surface area contributed by atoms with Crippen molar-refractivity contribution in [2.75, 3.05) is 11.9 Å². The molecule has 1 unspecified atom stereocenters. The molecular formula is C21H20BBrN2O. The Morgan fingerprint density at radius 2 is 1.65 bits per heavy atom. The molecule has 1 aromatic heterocycles. The lowest BCUT2D eigenvalue weighted by atomic mass is 9.94. The summed E-state index contributed by atoms with van der Waals surface area (Å²) in [6.45, 7) is 1.05. The fourth-order valence-electron chi connectivity index (χ4n) is 3.45. The maximum Gasteiger partial charge on any atom is 0.139 e. The molecule has 26 heavy (non-hydrogen) atoms. The van der Waals surface area contributed by atoms with Gasteiger partial charge in [0, 0.05) is 38.5 Å². The minimum atomic E-state index is -0.487. The predicted molar refractivity (Wildman–Crippen MR) is 116 cm³/mol. The van der Waals surface area contributed by atoms with E-state index in [0.717, 1.165) is 21.2 Å². The molecular weight excluding hydrogens is 387 g/mol. The van der Waals surface area contributed by atoms with Crippen LogP contribution in [0.15, 0.2) is 71.2 Å². The van der Waals surface area contributed by atoms with Crippen molar-refractivity contribution >= 4 is 56.7 Å². The van der Waals surface area contributed by atoms with Gasteiger partial charge in [-0.3, -0.25) is 0 Å². The number of aliphatic hydroxyl groups excluding tert-OH is 1. The zero-order valence-corrected chi connectivity index (χ0v) is 16.2. The summed E-state index contributed by atoms with van der Waals surface area (Å²) in [6.07, 6.45) is -0.487. The fourth-order valence-corrected chi connectivity index (χ4v) is 3.81. The molecule has 1 atom stereocenters. The SMILES string of the molecule is Bc1ccc2c(c1)c1cc(Br)ccc1n2CC(O)CNc1ccccc1. The summed E-state index contributed by atoms with van der Waals surface area (Å²) in [5.41, 5.74) is 4.56. The molecule has 5 heteroatoms. The van der Waals surface area contributed by atoms with Crippen LogP contribution in [0.3, 0.4) is 0 Å². The van der Waals surface area contributed by atoms with Crippen molar-refractivity contribution in [1.29, 1.82) is 0 Å². The Morgan fingerprint density at radius 3 is 2.42 bits per heavy atom. The van der Waals surface area contributed by atoms with Gasteiger partial charge in [-0.15, -0.1) is 0 Å². The van der Waals surface area contributed by atoms with Crippen molar-refractivity contribution in [3.8, 4) is 0 Å². The van der Waals surface area contributed by atoms with E-state index in [1.54, 1.807) is 0 Å². The standard InChI is InChI=1S/C21H20BBrN2O/c22-14-6-8-20-18(10-14)19-11-15(23)7-9-21(19)25(20)13-17(26)12-24-16-4-2-1-3-5-16/h1-11,17,24,26H,12-13,22H2. The second kappa shape index (κ2) is 7.18. The van der Waals surface area contributed by atoms with E-state index in [4.69, 9.17) is 0 Å². The first kappa shape index (κ1) is 17.2. The summed E-state index contributed by atoms with van der Waals surface area (Å²) in [5, 5.41) is 16.4. The third-order valence-electron chi connectivity index (χ3n) is 4.69. The average molecular weight is 407 g/mol. The summed E-state index contributed by atoms with van der Waals surface area (Å²) in [5.74, 6) is 0. The minimum Gasteiger partial charge on any atom is -0.389 e. The van der Waals surface area contributed by atoms with Crippen molar-refractivity contribution in [3.63, 3.8) is 0 Å². The number of halogens is 1. The highest BCUT2D eigenvalue weighted by molar-refractivity contribution is 9.10. The summed E-state index contributed by atoms with van der Waals surface area (Å²) >= 11 is 3.58. The molecule has 0 amide bonds. The van der Waals surface area contributed by atoms with E-state index >= 15 is 0 Å². The van der Waals surface area contributed by atoms with E-state index in [9.17, 15) is 5.11 Å². The van der Waals surface area contributed by atoms with Crippen LogP contribution in [0, 0.1) is 0 Å². The number of nitrogens with one attached hydrogen (secondary N) is 1. The summed E-state index contributed by atoms with van der Waals surface area (Å²) in [4.78, 5) is 0.